The highest BCUT2D eigenvalue weighted by Crippen LogP contribution is 2.49. The third-order valence-electron chi connectivity index (χ3n) is 18.6. The highest BCUT2D eigenvalue weighted by atomic mass is 79.9. The fourth-order valence-electron chi connectivity index (χ4n) is 13.0. The second kappa shape index (κ2) is 31.0. The van der Waals surface area contributed by atoms with Gasteiger partial charge < -0.3 is 39.4 Å². The zero-order chi connectivity index (χ0) is 72.7. The van der Waals surface area contributed by atoms with Crippen LogP contribution in [-0.2, 0) is 67.9 Å². The van der Waals surface area contributed by atoms with Crippen molar-refractivity contribution in [3.05, 3.63) is 201 Å². The Bertz CT molecular complexity index is 3700. The molecule has 6 atom stereocenters. The summed E-state index contributed by atoms with van der Waals surface area (Å²) >= 11 is 3.00. The Kier molecular flexibility index (Phi) is 24.1. The molecule has 4 fully saturated rings. The van der Waals surface area contributed by atoms with Crippen LogP contribution in [0.4, 0.5) is 62.3 Å². The second-order valence-corrected chi connectivity index (χ2v) is 25.5. The molecule has 16 nitrogen and oxygen atoms in total. The molecule has 4 aliphatic heterocycles. The molecular formula is C70H75BrF12N6O10. The normalized spacial score (nSPS) is 22.3. The van der Waals surface area contributed by atoms with E-state index in [1.807, 2.05) is 40.1 Å². The first kappa shape index (κ1) is 76.9. The number of alkyl halides is 13. The molecule has 29 heteroatoms. The number of nitrogens with zero attached hydrogens (tertiary/aromatic N) is 5. The number of rotatable bonds is 19. The molecule has 6 amide bonds. The number of aliphatic hydroxyl groups is 2. The number of piperidine rings is 2. The quantitative estimate of drug-likeness (QED) is 0.0398. The molecule has 2 spiro atoms. The third kappa shape index (κ3) is 17.0. The number of hydrogen-bond acceptors (Lipinski definition) is 12. The first-order valence-electron chi connectivity index (χ1n) is 31.2. The second-order valence-electron chi connectivity index (χ2n) is 24.7. The van der Waals surface area contributed by atoms with Crippen molar-refractivity contribution in [3.63, 3.8) is 0 Å². The average Bonchev–Trinajstić information content (AvgIpc) is 1.63. The van der Waals surface area contributed by atoms with Crippen LogP contribution in [0.15, 0.2) is 146 Å². The van der Waals surface area contributed by atoms with Crippen molar-refractivity contribution in [2.75, 3.05) is 79.7 Å². The number of hydrogen-bond donors (Lipinski definition) is 3. The largest absolute Gasteiger partial charge is 0.497 e. The van der Waals surface area contributed by atoms with Crippen molar-refractivity contribution in [2.45, 2.75) is 112 Å². The summed E-state index contributed by atoms with van der Waals surface area (Å²) in [5, 5.41) is 21.3. The standard InChI is InChI=1S/C35H37F6N3O5.C33H33F6N3O4.C2H5BrO/c1-23(25-17-27(34(36,37)38)19-28(18-25)35(39,40)41)49-22-33(26-7-5-4-6-8-26)14-13-32(21-42(33)2)30(46)43(31(47)44(32)15-16-45)20-24-9-11-29(48-3)12-10-24;1-21(23-15-25(32(34,35)36)17-26(16-23)33(37,38)39)46-20-31(24-7-5-4-6-8-24)14-13-30(19-41(31)2)28(43)42(29(44)40-30)18-22-9-11-27(45-3)12-10-22;3-1-2-4/h4-12,17-19,23,45H,13-16,20-22H2,1-3H3;4-12,15-17,21H,13-14,18-20H2,1-3H3,(H,40,44);4H,1-2H2/t23-,32?,33-;21-,30?,31-;/m11./s1. The van der Waals surface area contributed by atoms with E-state index in [0.29, 0.717) is 53.1 Å². The fourth-order valence-corrected chi connectivity index (χ4v) is 13.0. The molecule has 4 saturated heterocycles. The molecule has 0 aromatic heterocycles. The van der Waals surface area contributed by atoms with Gasteiger partial charge in [-0.15, -0.1) is 0 Å². The summed E-state index contributed by atoms with van der Waals surface area (Å²) < 4.78 is 185. The Balaban J connectivity index is 0.000000240. The number of benzene rings is 6. The minimum atomic E-state index is -5.01. The lowest BCUT2D eigenvalue weighted by Crippen LogP contribution is -2.65. The summed E-state index contributed by atoms with van der Waals surface area (Å²) in [5.74, 6) is 0.416. The molecule has 6 aromatic rings. The first-order valence-corrected chi connectivity index (χ1v) is 32.3. The predicted octanol–water partition coefficient (Wildman–Crippen LogP) is 13.9. The third-order valence-corrected chi connectivity index (χ3v) is 18.9. The van der Waals surface area contributed by atoms with Gasteiger partial charge in [0.25, 0.3) is 11.8 Å². The lowest BCUT2D eigenvalue weighted by atomic mass is 9.74. The van der Waals surface area contributed by atoms with Crippen LogP contribution in [0.5, 0.6) is 11.5 Å². The summed E-state index contributed by atoms with van der Waals surface area (Å²) in [7, 11) is 6.54. The fraction of sp³-hybridized carbons (Fsp3) is 0.429. The lowest BCUT2D eigenvalue weighted by molar-refractivity contribution is -0.145. The van der Waals surface area contributed by atoms with E-state index in [1.54, 1.807) is 93.0 Å². The number of halogens is 13. The van der Waals surface area contributed by atoms with Gasteiger partial charge >= 0.3 is 36.8 Å². The molecule has 6 aromatic carbocycles. The molecule has 0 bridgehead atoms. The predicted molar refractivity (Wildman–Crippen MR) is 343 cm³/mol. The Morgan fingerprint density at radius 3 is 1.25 bits per heavy atom. The van der Waals surface area contributed by atoms with Gasteiger partial charge in [-0.25, -0.2) is 9.59 Å². The summed E-state index contributed by atoms with van der Waals surface area (Å²) in [5.41, 5.74) is -7.78. The highest BCUT2D eigenvalue weighted by molar-refractivity contribution is 9.09. The molecule has 0 saturated carbocycles. The van der Waals surface area contributed by atoms with Crippen molar-refractivity contribution in [1.29, 1.82) is 0 Å². The van der Waals surface area contributed by atoms with E-state index < -0.39 is 99.3 Å². The van der Waals surface area contributed by atoms with Crippen molar-refractivity contribution >= 4 is 39.8 Å². The number of ether oxygens (including phenoxy) is 4. The number of imide groups is 2. The van der Waals surface area contributed by atoms with Gasteiger partial charge in [0.2, 0.25) is 0 Å². The molecule has 0 aliphatic carbocycles. The van der Waals surface area contributed by atoms with Gasteiger partial charge in [0, 0.05) is 25.0 Å². The zero-order valence-electron chi connectivity index (χ0n) is 54.7. The Morgan fingerprint density at radius 1 is 0.515 bits per heavy atom. The van der Waals surface area contributed by atoms with Gasteiger partial charge in [-0.3, -0.25) is 29.2 Å². The minimum absolute atomic E-state index is 0.00356. The van der Waals surface area contributed by atoms with Crippen LogP contribution in [0.25, 0.3) is 0 Å². The van der Waals surface area contributed by atoms with Crippen LogP contribution in [-0.4, -0.2) is 149 Å². The number of nitrogens with one attached hydrogen (secondary N) is 1. The Morgan fingerprint density at radius 2 is 0.899 bits per heavy atom. The van der Waals surface area contributed by atoms with E-state index in [1.165, 1.54) is 33.0 Å². The first-order chi connectivity index (χ1) is 46.5. The van der Waals surface area contributed by atoms with Crippen molar-refractivity contribution < 1.29 is 101 Å². The molecule has 2 unspecified atom stereocenters. The maximum Gasteiger partial charge on any atom is 0.416 e. The topological polar surface area (TPSA) is 174 Å². The zero-order valence-corrected chi connectivity index (χ0v) is 56.3. The van der Waals surface area contributed by atoms with E-state index in [4.69, 9.17) is 24.1 Å². The monoisotopic (exact) mass is 1470 g/mol. The number of methoxy groups -OCH3 is 2. The maximum absolute atomic E-state index is 14.2. The summed E-state index contributed by atoms with van der Waals surface area (Å²) in [6.45, 7) is 2.44. The molecular weight excluding hydrogens is 1390 g/mol. The van der Waals surface area contributed by atoms with Gasteiger partial charge in [-0.05, 0) is 148 Å². The number of aliphatic hydroxyl groups excluding tert-OH is 2. The van der Waals surface area contributed by atoms with Crippen LogP contribution >= 0.6 is 15.9 Å². The van der Waals surface area contributed by atoms with Crippen LogP contribution in [0.1, 0.15) is 107 Å². The molecule has 3 N–H and O–H groups in total. The van der Waals surface area contributed by atoms with Crippen molar-refractivity contribution in [3.8, 4) is 11.5 Å². The summed E-state index contributed by atoms with van der Waals surface area (Å²) in [4.78, 5) is 62.1. The van der Waals surface area contributed by atoms with Gasteiger partial charge in [0.15, 0.2) is 0 Å². The van der Waals surface area contributed by atoms with E-state index in [2.05, 4.69) is 21.2 Å². The van der Waals surface area contributed by atoms with E-state index in [0.717, 1.165) is 26.5 Å². The molecule has 4 aliphatic rings. The van der Waals surface area contributed by atoms with Gasteiger partial charge in [-0.2, -0.15) is 52.7 Å². The molecule has 0 radical (unpaired) electrons. The van der Waals surface area contributed by atoms with E-state index >= 15 is 0 Å². The van der Waals surface area contributed by atoms with Crippen LogP contribution in [0.2, 0.25) is 0 Å². The number of urea groups is 2. The smallest absolute Gasteiger partial charge is 0.416 e. The van der Waals surface area contributed by atoms with Gasteiger partial charge in [0.05, 0.1) is 99.3 Å². The van der Waals surface area contributed by atoms with E-state index in [-0.39, 0.29) is 108 Å². The number of amides is 6. The van der Waals surface area contributed by atoms with Crippen LogP contribution in [0.3, 0.4) is 0 Å². The van der Waals surface area contributed by atoms with Crippen molar-refractivity contribution in [2.24, 2.45) is 0 Å². The van der Waals surface area contributed by atoms with Crippen LogP contribution in [0, 0.1) is 0 Å². The Hall–Kier alpha value is -7.80. The molecule has 536 valence electrons. The molecule has 4 heterocycles. The average molecular weight is 1470 g/mol. The number of likely N-dealkylation sites (tertiary alicyclic amines) is 2. The lowest BCUT2D eigenvalue weighted by Gasteiger charge is -2.52. The van der Waals surface area contributed by atoms with Crippen LogP contribution < -0.4 is 14.8 Å². The molecule has 10 rings (SSSR count). The Labute approximate surface area is 572 Å². The van der Waals surface area contributed by atoms with Gasteiger partial charge in [-0.1, -0.05) is 101 Å². The number of β-amino-alcohol motifs (C(OH)–C–C–N with tert-alkyl or cyclic N) is 1. The van der Waals surface area contributed by atoms with Crippen molar-refractivity contribution in [1.82, 2.24) is 29.8 Å². The minimum Gasteiger partial charge on any atom is -0.497 e. The number of carbonyl (C=O) groups excluding carboxylic acids is 4. The summed E-state index contributed by atoms with van der Waals surface area (Å²) in [6.07, 6.45) is -21.4. The maximum atomic E-state index is 14.2. The van der Waals surface area contributed by atoms with Gasteiger partial charge in [0.1, 0.15) is 22.6 Å². The number of likely N-dealkylation sites (N-methyl/N-ethyl adjacent to an activating group) is 2. The molecule has 99 heavy (non-hydrogen) atoms. The van der Waals surface area contributed by atoms with E-state index in [9.17, 15) is 77.0 Å². The summed E-state index contributed by atoms with van der Waals surface area (Å²) in [6, 6.07) is 33.8. The SMILES string of the molecule is COc1ccc(CN2C(=O)N(CCO)C3(CC[C@@](CO[C@H](C)c4cc(C(F)(F)F)cc(C(F)(F)F)c4)(c4ccccc4)N(C)C3)C2=O)cc1.COc1ccc(CN2C(=O)NC3(CC[C@@](CO[C@H](C)c4cc(C(F)(F)F)cc(C(F)(F)F)c4)(c4ccccc4)N(C)C3)C2=O)cc1.OCCBr. The number of carbonyl (C=O) groups is 4. The highest BCUT2D eigenvalue weighted by Gasteiger charge is 2.62.